The predicted octanol–water partition coefficient (Wildman–Crippen LogP) is 3.07. The first-order valence-corrected chi connectivity index (χ1v) is 7.68. The number of carbonyl (C=O) groups excluding carboxylic acids is 2. The number of nitrogens with zero attached hydrogens (tertiary/aromatic N) is 1. The van der Waals surface area contributed by atoms with Crippen LogP contribution in [0.4, 0.5) is 11.4 Å². The van der Waals surface area contributed by atoms with Gasteiger partial charge in [0.1, 0.15) is 11.5 Å². The highest BCUT2D eigenvalue weighted by Crippen LogP contribution is 2.34. The van der Waals surface area contributed by atoms with E-state index in [1.165, 1.54) is 6.08 Å². The lowest BCUT2D eigenvalue weighted by atomic mass is 10.2. The highest BCUT2D eigenvalue weighted by Gasteiger charge is 2.24. The van der Waals surface area contributed by atoms with Crippen molar-refractivity contribution in [1.29, 1.82) is 0 Å². The van der Waals surface area contributed by atoms with Gasteiger partial charge in [0, 0.05) is 24.7 Å². The topological polar surface area (TPSA) is 71.8 Å². The molecule has 1 fully saturated rings. The molecule has 3 rings (SSSR count). The quantitative estimate of drug-likeness (QED) is 0.857. The summed E-state index contributed by atoms with van der Waals surface area (Å²) < 4.78 is 10.5. The van der Waals surface area contributed by atoms with Crippen molar-refractivity contribution in [2.45, 2.75) is 12.8 Å². The summed E-state index contributed by atoms with van der Waals surface area (Å²) in [6.07, 6.45) is 5.88. The number of anilines is 2. The molecule has 0 bridgehead atoms. The molecule has 0 radical (unpaired) electrons. The van der Waals surface area contributed by atoms with Crippen molar-refractivity contribution in [3.8, 4) is 5.75 Å². The van der Waals surface area contributed by atoms with Crippen LogP contribution in [0.5, 0.6) is 5.75 Å². The predicted molar refractivity (Wildman–Crippen MR) is 91.0 cm³/mol. The van der Waals surface area contributed by atoms with Gasteiger partial charge in [-0.25, -0.2) is 0 Å². The molecule has 0 unspecified atom stereocenters. The molecule has 1 aliphatic heterocycles. The van der Waals surface area contributed by atoms with Crippen molar-refractivity contribution in [2.75, 3.05) is 23.9 Å². The Balaban J connectivity index is 1.76. The van der Waals surface area contributed by atoms with Gasteiger partial charge in [-0.2, -0.15) is 0 Å². The van der Waals surface area contributed by atoms with Crippen LogP contribution in [-0.4, -0.2) is 25.5 Å². The maximum atomic E-state index is 12.0. The molecule has 0 atom stereocenters. The molecule has 2 amide bonds. The average molecular weight is 326 g/mol. The van der Waals surface area contributed by atoms with Gasteiger partial charge in [0.05, 0.1) is 19.1 Å². The van der Waals surface area contributed by atoms with Gasteiger partial charge < -0.3 is 19.4 Å². The molecule has 124 valence electrons. The monoisotopic (exact) mass is 326 g/mol. The van der Waals surface area contributed by atoms with Crippen molar-refractivity contribution in [3.05, 3.63) is 48.4 Å². The third-order valence-corrected chi connectivity index (χ3v) is 3.75. The number of ether oxygens (including phenoxy) is 1. The van der Waals surface area contributed by atoms with Crippen LogP contribution in [0.2, 0.25) is 0 Å². The van der Waals surface area contributed by atoms with Crippen molar-refractivity contribution in [2.24, 2.45) is 0 Å². The number of methoxy groups -OCH3 is 1. The van der Waals surface area contributed by atoms with E-state index in [0.29, 0.717) is 35.9 Å². The zero-order valence-electron chi connectivity index (χ0n) is 13.3. The van der Waals surface area contributed by atoms with Crippen LogP contribution in [0, 0.1) is 0 Å². The standard InChI is InChI=1S/C18H18N2O4/c1-23-16-8-6-13(12-15(16)20-10-2-5-18(20)22)19-17(21)9-7-14-4-3-11-24-14/h3-4,6-9,11-12H,2,5,10H2,1H3,(H,19,21). The summed E-state index contributed by atoms with van der Waals surface area (Å²) in [7, 11) is 1.56. The minimum atomic E-state index is -0.282. The molecule has 1 saturated heterocycles. The highest BCUT2D eigenvalue weighted by atomic mass is 16.5. The van der Waals surface area contributed by atoms with Crippen LogP contribution in [0.1, 0.15) is 18.6 Å². The Morgan fingerprint density at radius 3 is 2.92 bits per heavy atom. The lowest BCUT2D eigenvalue weighted by Crippen LogP contribution is -2.24. The number of amides is 2. The fourth-order valence-electron chi connectivity index (χ4n) is 2.61. The third kappa shape index (κ3) is 3.48. The van der Waals surface area contributed by atoms with E-state index in [1.807, 2.05) is 0 Å². The second kappa shape index (κ2) is 7.04. The first-order valence-electron chi connectivity index (χ1n) is 7.68. The normalized spacial score (nSPS) is 14.4. The first-order chi connectivity index (χ1) is 11.7. The summed E-state index contributed by atoms with van der Waals surface area (Å²) in [5.41, 5.74) is 1.27. The van der Waals surface area contributed by atoms with Gasteiger partial charge in [-0.3, -0.25) is 9.59 Å². The van der Waals surface area contributed by atoms with Gasteiger partial charge in [-0.05, 0) is 42.8 Å². The van der Waals surface area contributed by atoms with Gasteiger partial charge in [0.2, 0.25) is 11.8 Å². The van der Waals surface area contributed by atoms with Crippen LogP contribution in [-0.2, 0) is 9.59 Å². The fourth-order valence-corrected chi connectivity index (χ4v) is 2.61. The average Bonchev–Trinajstić information content (AvgIpc) is 3.24. The summed E-state index contributed by atoms with van der Waals surface area (Å²) in [4.78, 5) is 25.7. The molecule has 0 aliphatic carbocycles. The van der Waals surface area contributed by atoms with Crippen LogP contribution in [0.25, 0.3) is 6.08 Å². The van der Waals surface area contributed by atoms with Gasteiger partial charge in [0.25, 0.3) is 0 Å². The van der Waals surface area contributed by atoms with E-state index in [2.05, 4.69) is 5.32 Å². The lowest BCUT2D eigenvalue weighted by molar-refractivity contribution is -0.117. The van der Waals surface area contributed by atoms with E-state index in [1.54, 1.807) is 54.7 Å². The zero-order valence-corrected chi connectivity index (χ0v) is 13.3. The summed E-state index contributed by atoms with van der Waals surface area (Å²) in [6, 6.07) is 8.74. The number of benzene rings is 1. The first kappa shape index (κ1) is 15.9. The lowest BCUT2D eigenvalue weighted by Gasteiger charge is -2.20. The Labute approximate surface area is 139 Å². The maximum Gasteiger partial charge on any atom is 0.248 e. The number of carbonyl (C=O) groups is 2. The largest absolute Gasteiger partial charge is 0.495 e. The molecule has 1 aliphatic rings. The highest BCUT2D eigenvalue weighted by molar-refractivity contribution is 6.03. The van der Waals surface area contributed by atoms with Gasteiger partial charge in [-0.15, -0.1) is 0 Å². The number of furan rings is 1. The van der Waals surface area contributed by atoms with Crippen LogP contribution >= 0.6 is 0 Å². The Hall–Kier alpha value is -3.02. The van der Waals surface area contributed by atoms with E-state index >= 15 is 0 Å². The van der Waals surface area contributed by atoms with Crippen molar-refractivity contribution < 1.29 is 18.7 Å². The molecule has 0 saturated carbocycles. The molecule has 24 heavy (non-hydrogen) atoms. The summed E-state index contributed by atoms with van der Waals surface area (Å²) in [5, 5.41) is 2.77. The van der Waals surface area contributed by atoms with Crippen LogP contribution < -0.4 is 15.0 Å². The fraction of sp³-hybridized carbons (Fsp3) is 0.222. The molecule has 6 nitrogen and oxygen atoms in total. The summed E-state index contributed by atoms with van der Waals surface area (Å²) in [6.45, 7) is 0.658. The molecule has 6 heteroatoms. The van der Waals surface area contributed by atoms with Crippen molar-refractivity contribution in [3.63, 3.8) is 0 Å². The Bertz CT molecular complexity index is 765. The molecular formula is C18H18N2O4. The Morgan fingerprint density at radius 1 is 1.38 bits per heavy atom. The molecule has 1 N–H and O–H groups in total. The van der Waals surface area contributed by atoms with E-state index in [0.717, 1.165) is 6.42 Å². The molecule has 2 heterocycles. The zero-order chi connectivity index (χ0) is 16.9. The SMILES string of the molecule is COc1ccc(NC(=O)C=Cc2ccco2)cc1N1CCCC1=O. The number of hydrogen-bond donors (Lipinski definition) is 1. The number of nitrogens with one attached hydrogen (secondary N) is 1. The Kier molecular flexibility index (Phi) is 4.65. The van der Waals surface area contributed by atoms with Crippen LogP contribution in [0.3, 0.4) is 0 Å². The minimum Gasteiger partial charge on any atom is -0.495 e. The Morgan fingerprint density at radius 2 is 2.25 bits per heavy atom. The molecular weight excluding hydrogens is 308 g/mol. The molecule has 1 aromatic carbocycles. The van der Waals surface area contributed by atoms with Gasteiger partial charge >= 0.3 is 0 Å². The van der Waals surface area contributed by atoms with Gasteiger partial charge in [-0.1, -0.05) is 0 Å². The van der Waals surface area contributed by atoms with E-state index < -0.39 is 0 Å². The van der Waals surface area contributed by atoms with Crippen LogP contribution in [0.15, 0.2) is 47.1 Å². The maximum absolute atomic E-state index is 12.0. The summed E-state index contributed by atoms with van der Waals surface area (Å²) in [5.74, 6) is 0.988. The van der Waals surface area contributed by atoms with Crippen molar-refractivity contribution in [1.82, 2.24) is 0 Å². The van der Waals surface area contributed by atoms with Gasteiger partial charge in [0.15, 0.2) is 0 Å². The minimum absolute atomic E-state index is 0.0643. The number of hydrogen-bond acceptors (Lipinski definition) is 4. The second-order valence-electron chi connectivity index (χ2n) is 5.37. The molecule has 2 aromatic rings. The molecule has 0 spiro atoms. The smallest absolute Gasteiger partial charge is 0.248 e. The second-order valence-corrected chi connectivity index (χ2v) is 5.37. The molecule has 1 aromatic heterocycles. The third-order valence-electron chi connectivity index (χ3n) is 3.75. The van der Waals surface area contributed by atoms with Crippen molar-refractivity contribution >= 4 is 29.3 Å². The van der Waals surface area contributed by atoms with E-state index in [-0.39, 0.29) is 11.8 Å². The van der Waals surface area contributed by atoms with E-state index in [4.69, 9.17) is 9.15 Å². The van der Waals surface area contributed by atoms with E-state index in [9.17, 15) is 9.59 Å². The summed E-state index contributed by atoms with van der Waals surface area (Å²) >= 11 is 0. The number of rotatable bonds is 5.